The van der Waals surface area contributed by atoms with Crippen LogP contribution in [0.1, 0.15) is 93.9 Å². The SMILES string of the molecule is C=C(/C=C\C(=C)C(C)CCC(C)C)OC(=O)C(C)CCC(C)C(C)CCC(C)C. The highest BCUT2D eigenvalue weighted by molar-refractivity contribution is 5.73. The van der Waals surface area contributed by atoms with Gasteiger partial charge in [0.05, 0.1) is 5.92 Å². The number of allylic oxidation sites excluding steroid dienone is 3. The van der Waals surface area contributed by atoms with Crippen LogP contribution in [0.5, 0.6) is 0 Å². The summed E-state index contributed by atoms with van der Waals surface area (Å²) in [6, 6.07) is 0. The van der Waals surface area contributed by atoms with Gasteiger partial charge in [0.2, 0.25) is 0 Å². The fourth-order valence-corrected chi connectivity index (χ4v) is 3.19. The number of carbonyl (C=O) groups is 1. The van der Waals surface area contributed by atoms with E-state index in [4.69, 9.17) is 4.74 Å². The Morgan fingerprint density at radius 1 is 0.690 bits per heavy atom. The molecule has 0 aromatic rings. The van der Waals surface area contributed by atoms with E-state index in [2.05, 4.69) is 61.6 Å². The molecule has 4 unspecified atom stereocenters. The van der Waals surface area contributed by atoms with Gasteiger partial charge >= 0.3 is 5.97 Å². The Morgan fingerprint density at radius 2 is 1.14 bits per heavy atom. The normalized spacial score (nSPS) is 16.1. The Bertz CT molecular complexity index is 527. The average Bonchev–Trinajstić information content (AvgIpc) is 2.65. The highest BCUT2D eigenvalue weighted by Crippen LogP contribution is 2.25. The number of hydrogen-bond donors (Lipinski definition) is 0. The molecule has 0 aliphatic heterocycles. The quantitative estimate of drug-likeness (QED) is 0.156. The first-order valence-corrected chi connectivity index (χ1v) is 11.7. The first-order valence-electron chi connectivity index (χ1n) is 11.7. The van der Waals surface area contributed by atoms with Gasteiger partial charge in [-0.25, -0.2) is 0 Å². The highest BCUT2D eigenvalue weighted by Gasteiger charge is 2.19. The van der Waals surface area contributed by atoms with Crippen molar-refractivity contribution in [1.29, 1.82) is 0 Å². The van der Waals surface area contributed by atoms with Crippen molar-refractivity contribution in [2.75, 3.05) is 0 Å². The summed E-state index contributed by atoms with van der Waals surface area (Å²) in [5.41, 5.74) is 1.06. The highest BCUT2D eigenvalue weighted by atomic mass is 16.5. The number of carbonyl (C=O) groups excluding carboxylic acids is 1. The van der Waals surface area contributed by atoms with Crippen molar-refractivity contribution in [3.63, 3.8) is 0 Å². The van der Waals surface area contributed by atoms with Crippen LogP contribution in [0.25, 0.3) is 0 Å². The molecule has 4 atom stereocenters. The second-order valence-electron chi connectivity index (χ2n) is 10.1. The lowest BCUT2D eigenvalue weighted by Gasteiger charge is -2.22. The largest absolute Gasteiger partial charge is 0.427 e. The van der Waals surface area contributed by atoms with Crippen LogP contribution in [0.3, 0.4) is 0 Å². The third-order valence-corrected chi connectivity index (χ3v) is 6.15. The van der Waals surface area contributed by atoms with E-state index in [1.807, 2.05) is 13.0 Å². The third-order valence-electron chi connectivity index (χ3n) is 6.15. The molecule has 0 fully saturated rings. The lowest BCUT2D eigenvalue weighted by Crippen LogP contribution is -2.17. The molecule has 0 aromatic heterocycles. The molecule has 0 radical (unpaired) electrons. The molecular weight excluding hydrogens is 356 g/mol. The van der Waals surface area contributed by atoms with E-state index in [1.165, 1.54) is 19.3 Å². The second kappa shape index (κ2) is 14.6. The molecule has 0 saturated carbocycles. The van der Waals surface area contributed by atoms with E-state index in [9.17, 15) is 4.79 Å². The van der Waals surface area contributed by atoms with E-state index in [-0.39, 0.29) is 11.9 Å². The minimum absolute atomic E-state index is 0.104. The monoisotopic (exact) mass is 404 g/mol. The lowest BCUT2D eigenvalue weighted by molar-refractivity contribution is -0.143. The van der Waals surface area contributed by atoms with Crippen LogP contribution in [-0.2, 0) is 9.53 Å². The fourth-order valence-electron chi connectivity index (χ4n) is 3.19. The molecule has 0 rings (SSSR count). The van der Waals surface area contributed by atoms with Crippen molar-refractivity contribution in [2.24, 2.45) is 35.5 Å². The maximum absolute atomic E-state index is 12.4. The summed E-state index contributed by atoms with van der Waals surface area (Å²) < 4.78 is 5.45. The molecule has 0 heterocycles. The van der Waals surface area contributed by atoms with Crippen molar-refractivity contribution in [2.45, 2.75) is 93.9 Å². The van der Waals surface area contributed by atoms with Crippen LogP contribution in [0.15, 0.2) is 36.6 Å². The minimum atomic E-state index is -0.180. The molecule has 0 spiro atoms. The molecule has 0 bridgehead atoms. The fraction of sp³-hybridized carbons (Fsp3) is 0.741. The first-order chi connectivity index (χ1) is 13.4. The molecular formula is C27H48O2. The van der Waals surface area contributed by atoms with E-state index < -0.39 is 0 Å². The summed E-state index contributed by atoms with van der Waals surface area (Å²) in [7, 11) is 0. The maximum atomic E-state index is 12.4. The van der Waals surface area contributed by atoms with Crippen molar-refractivity contribution in [3.8, 4) is 0 Å². The van der Waals surface area contributed by atoms with Gasteiger partial charge < -0.3 is 4.74 Å². The number of esters is 1. The zero-order chi connectivity index (χ0) is 22.6. The van der Waals surface area contributed by atoms with Gasteiger partial charge in [-0.2, -0.15) is 0 Å². The standard InChI is InChI=1S/C27H48O2/c1-19(2)11-13-21(5)23(7)15-16-25(9)27(28)29-26(10)18-17-24(8)22(6)14-12-20(3)4/h17-23,25H,8,10-16H2,1-7,9H3/b18-17-. The predicted molar refractivity (Wildman–Crippen MR) is 128 cm³/mol. The Kier molecular flexibility index (Phi) is 14.0. The van der Waals surface area contributed by atoms with Gasteiger partial charge in [0.1, 0.15) is 5.76 Å². The molecule has 0 saturated heterocycles. The minimum Gasteiger partial charge on any atom is -0.427 e. The van der Waals surface area contributed by atoms with Gasteiger partial charge in [0.15, 0.2) is 0 Å². The molecule has 0 aliphatic rings. The number of ether oxygens (including phenoxy) is 1. The zero-order valence-corrected chi connectivity index (χ0v) is 20.6. The Labute approximate surface area is 181 Å². The summed E-state index contributed by atoms with van der Waals surface area (Å²) in [5.74, 6) is 3.32. The molecule has 29 heavy (non-hydrogen) atoms. The van der Waals surface area contributed by atoms with E-state index >= 15 is 0 Å². The van der Waals surface area contributed by atoms with Crippen molar-refractivity contribution < 1.29 is 9.53 Å². The van der Waals surface area contributed by atoms with Crippen LogP contribution in [-0.4, -0.2) is 5.97 Å². The molecule has 0 aliphatic carbocycles. The van der Waals surface area contributed by atoms with E-state index in [0.717, 1.165) is 30.8 Å². The maximum Gasteiger partial charge on any atom is 0.314 e. The van der Waals surface area contributed by atoms with Crippen molar-refractivity contribution in [1.82, 2.24) is 0 Å². The first kappa shape index (κ1) is 27.7. The second-order valence-corrected chi connectivity index (χ2v) is 10.1. The third kappa shape index (κ3) is 13.5. The summed E-state index contributed by atoms with van der Waals surface area (Å²) in [4.78, 5) is 12.4. The van der Waals surface area contributed by atoms with Gasteiger partial charge in [-0.05, 0) is 54.9 Å². The van der Waals surface area contributed by atoms with Crippen molar-refractivity contribution >= 4 is 5.97 Å². The van der Waals surface area contributed by atoms with Crippen molar-refractivity contribution in [3.05, 3.63) is 36.6 Å². The van der Waals surface area contributed by atoms with Crippen LogP contribution < -0.4 is 0 Å². The zero-order valence-electron chi connectivity index (χ0n) is 20.6. The van der Waals surface area contributed by atoms with E-state index in [1.54, 1.807) is 6.08 Å². The lowest BCUT2D eigenvalue weighted by atomic mass is 9.85. The molecule has 0 amide bonds. The molecule has 168 valence electrons. The van der Waals surface area contributed by atoms with Crippen LogP contribution in [0.4, 0.5) is 0 Å². The van der Waals surface area contributed by atoms with E-state index in [0.29, 0.717) is 29.4 Å². The Morgan fingerprint density at radius 3 is 1.66 bits per heavy atom. The van der Waals surface area contributed by atoms with Gasteiger partial charge in [0, 0.05) is 0 Å². The summed E-state index contributed by atoms with van der Waals surface area (Å²) in [5, 5.41) is 0. The van der Waals surface area contributed by atoms with Crippen LogP contribution >= 0.6 is 0 Å². The Hall–Kier alpha value is -1.31. The average molecular weight is 405 g/mol. The molecule has 0 N–H and O–H groups in total. The molecule has 2 heteroatoms. The topological polar surface area (TPSA) is 26.3 Å². The van der Waals surface area contributed by atoms with Gasteiger partial charge in [0.25, 0.3) is 0 Å². The van der Waals surface area contributed by atoms with Crippen LogP contribution in [0, 0.1) is 35.5 Å². The predicted octanol–water partition coefficient (Wildman–Crippen LogP) is 8.35. The van der Waals surface area contributed by atoms with Gasteiger partial charge in [-0.15, -0.1) is 0 Å². The summed E-state index contributed by atoms with van der Waals surface area (Å²) in [6.07, 6.45) is 10.5. The smallest absolute Gasteiger partial charge is 0.314 e. The molecule has 2 nitrogen and oxygen atoms in total. The number of hydrogen-bond acceptors (Lipinski definition) is 2. The molecule has 0 aromatic carbocycles. The van der Waals surface area contributed by atoms with Crippen LogP contribution in [0.2, 0.25) is 0 Å². The number of rotatable bonds is 15. The summed E-state index contributed by atoms with van der Waals surface area (Å²) >= 11 is 0. The van der Waals surface area contributed by atoms with Gasteiger partial charge in [-0.3, -0.25) is 4.79 Å². The van der Waals surface area contributed by atoms with Gasteiger partial charge in [-0.1, -0.05) is 99.5 Å². The summed E-state index contributed by atoms with van der Waals surface area (Å²) in [6.45, 7) is 25.8. The Balaban J connectivity index is 4.32.